The Balaban J connectivity index is 1.25. The van der Waals surface area contributed by atoms with Crippen LogP contribution in [0.2, 0.25) is 0 Å². The second-order valence-corrected chi connectivity index (χ2v) is 7.67. The van der Waals surface area contributed by atoms with Crippen LogP contribution in [-0.2, 0) is 6.42 Å². The Hall–Kier alpha value is -3.55. The number of amides is 1. The molecule has 31 heavy (non-hydrogen) atoms. The summed E-state index contributed by atoms with van der Waals surface area (Å²) in [5.41, 5.74) is 4.60. The van der Waals surface area contributed by atoms with Gasteiger partial charge in [-0.1, -0.05) is 6.42 Å². The van der Waals surface area contributed by atoms with Crippen molar-refractivity contribution in [2.45, 2.75) is 32.6 Å². The molecular weight excluding hydrogens is 395 g/mol. The molecule has 0 atom stereocenters. The van der Waals surface area contributed by atoms with Gasteiger partial charge in [0.05, 0.1) is 11.4 Å². The van der Waals surface area contributed by atoms with Crippen LogP contribution in [0, 0.1) is 12.7 Å². The third-order valence-corrected chi connectivity index (χ3v) is 5.34. The number of benzene rings is 1. The standard InChI is InChI=1S/C23H25FN6O/c1-16-21(22-25-12-6-14-30(22)28-16)23(31)29(2)13-5-3-4-7-19-15-20(27-26-19)17-8-10-18(24)11-9-17/h6,8-12,14-15H,3-5,7,13H2,1-2H3,(H,26,27). The number of nitrogens with one attached hydrogen (secondary N) is 1. The maximum atomic E-state index is 13.1. The van der Waals surface area contributed by atoms with E-state index in [0.29, 0.717) is 23.4 Å². The predicted octanol–water partition coefficient (Wildman–Crippen LogP) is 4.05. The number of hydrogen-bond donors (Lipinski definition) is 1. The van der Waals surface area contributed by atoms with E-state index < -0.39 is 0 Å². The van der Waals surface area contributed by atoms with Gasteiger partial charge in [0, 0.05) is 37.2 Å². The van der Waals surface area contributed by atoms with Crippen LogP contribution in [0.25, 0.3) is 16.9 Å². The van der Waals surface area contributed by atoms with Crippen molar-refractivity contribution in [3.8, 4) is 11.3 Å². The number of rotatable bonds is 8. The fraction of sp³-hybridized carbons (Fsp3) is 0.304. The Kier molecular flexibility index (Phi) is 6.06. The molecule has 0 saturated heterocycles. The summed E-state index contributed by atoms with van der Waals surface area (Å²) in [4.78, 5) is 18.9. The number of H-pyrrole nitrogens is 1. The van der Waals surface area contributed by atoms with Crippen molar-refractivity contribution in [1.29, 1.82) is 0 Å². The lowest BCUT2D eigenvalue weighted by molar-refractivity contribution is 0.0793. The molecular formula is C23H25FN6O. The van der Waals surface area contributed by atoms with E-state index in [1.54, 1.807) is 40.0 Å². The summed E-state index contributed by atoms with van der Waals surface area (Å²) >= 11 is 0. The highest BCUT2D eigenvalue weighted by Crippen LogP contribution is 2.19. The molecule has 160 valence electrons. The van der Waals surface area contributed by atoms with Gasteiger partial charge in [-0.3, -0.25) is 9.89 Å². The highest BCUT2D eigenvalue weighted by molar-refractivity contribution is 6.00. The first-order chi connectivity index (χ1) is 15.0. The number of halogens is 1. The summed E-state index contributed by atoms with van der Waals surface area (Å²) in [6.45, 7) is 2.51. The van der Waals surface area contributed by atoms with E-state index in [-0.39, 0.29) is 11.7 Å². The topological polar surface area (TPSA) is 79.2 Å². The summed E-state index contributed by atoms with van der Waals surface area (Å²) in [7, 11) is 1.82. The number of aryl methyl sites for hydroxylation is 2. The summed E-state index contributed by atoms with van der Waals surface area (Å²) in [6, 6.07) is 10.1. The molecule has 1 amide bonds. The van der Waals surface area contributed by atoms with Gasteiger partial charge in [0.25, 0.3) is 5.91 Å². The number of aromatic amines is 1. The van der Waals surface area contributed by atoms with E-state index >= 15 is 0 Å². The summed E-state index contributed by atoms with van der Waals surface area (Å²) in [5, 5.41) is 11.7. The van der Waals surface area contributed by atoms with Gasteiger partial charge in [-0.2, -0.15) is 10.2 Å². The minimum Gasteiger partial charge on any atom is -0.342 e. The Labute approximate surface area is 179 Å². The van der Waals surface area contributed by atoms with Gasteiger partial charge in [-0.15, -0.1) is 0 Å². The van der Waals surface area contributed by atoms with Crippen LogP contribution in [0.15, 0.2) is 48.8 Å². The maximum absolute atomic E-state index is 13.1. The Morgan fingerprint density at radius 1 is 1.19 bits per heavy atom. The highest BCUT2D eigenvalue weighted by atomic mass is 19.1. The average Bonchev–Trinajstić information content (AvgIpc) is 3.37. The minimum atomic E-state index is -0.254. The minimum absolute atomic E-state index is 0.0521. The first kappa shape index (κ1) is 20.7. The fourth-order valence-corrected chi connectivity index (χ4v) is 3.64. The predicted molar refractivity (Wildman–Crippen MR) is 116 cm³/mol. The number of unbranched alkanes of at least 4 members (excludes halogenated alkanes) is 2. The van der Waals surface area contributed by atoms with Gasteiger partial charge in [-0.25, -0.2) is 13.9 Å². The lowest BCUT2D eigenvalue weighted by Crippen LogP contribution is -2.28. The summed E-state index contributed by atoms with van der Waals surface area (Å²) in [5.74, 6) is -0.306. The van der Waals surface area contributed by atoms with Crippen LogP contribution in [0.3, 0.4) is 0 Å². The maximum Gasteiger partial charge on any atom is 0.259 e. The second-order valence-electron chi connectivity index (χ2n) is 7.67. The Bertz CT molecular complexity index is 1180. The first-order valence-corrected chi connectivity index (χ1v) is 10.4. The molecule has 1 N–H and O–H groups in total. The van der Waals surface area contributed by atoms with Gasteiger partial charge in [0.15, 0.2) is 5.65 Å². The van der Waals surface area contributed by atoms with Gasteiger partial charge >= 0.3 is 0 Å². The van der Waals surface area contributed by atoms with Gasteiger partial charge in [-0.05, 0) is 62.6 Å². The number of hydrogen-bond acceptors (Lipinski definition) is 4. The third kappa shape index (κ3) is 4.63. The zero-order valence-electron chi connectivity index (χ0n) is 17.7. The first-order valence-electron chi connectivity index (χ1n) is 10.4. The van der Waals surface area contributed by atoms with E-state index in [2.05, 4.69) is 20.3 Å². The van der Waals surface area contributed by atoms with Crippen molar-refractivity contribution in [3.63, 3.8) is 0 Å². The normalized spacial score (nSPS) is 11.2. The van der Waals surface area contributed by atoms with E-state index in [1.807, 2.05) is 20.0 Å². The molecule has 4 aromatic rings. The van der Waals surface area contributed by atoms with Crippen molar-refractivity contribution >= 4 is 11.6 Å². The zero-order chi connectivity index (χ0) is 21.8. The van der Waals surface area contributed by atoms with Gasteiger partial charge in [0.2, 0.25) is 0 Å². The van der Waals surface area contributed by atoms with Crippen LogP contribution in [-0.4, -0.2) is 49.2 Å². The monoisotopic (exact) mass is 420 g/mol. The van der Waals surface area contributed by atoms with Crippen LogP contribution < -0.4 is 0 Å². The number of carbonyl (C=O) groups excluding carboxylic acids is 1. The van der Waals surface area contributed by atoms with Crippen LogP contribution >= 0.6 is 0 Å². The van der Waals surface area contributed by atoms with E-state index in [0.717, 1.165) is 42.6 Å². The quantitative estimate of drug-likeness (QED) is 0.436. The molecule has 0 aliphatic carbocycles. The number of fused-ring (bicyclic) bond motifs is 1. The van der Waals surface area contributed by atoms with Gasteiger partial charge < -0.3 is 4.90 Å². The molecule has 3 aromatic heterocycles. The molecule has 0 fully saturated rings. The molecule has 0 spiro atoms. The fourth-order valence-electron chi connectivity index (χ4n) is 3.64. The lowest BCUT2D eigenvalue weighted by Gasteiger charge is -2.16. The molecule has 1 aromatic carbocycles. The molecule has 0 aliphatic rings. The SMILES string of the molecule is Cc1nn2cccnc2c1C(=O)N(C)CCCCCc1cc(-c2ccc(F)cc2)n[nH]1. The van der Waals surface area contributed by atoms with Crippen molar-refractivity contribution in [1.82, 2.24) is 29.7 Å². The van der Waals surface area contributed by atoms with Crippen molar-refractivity contribution in [3.05, 3.63) is 71.6 Å². The van der Waals surface area contributed by atoms with E-state index in [1.165, 1.54) is 12.1 Å². The molecule has 0 unspecified atom stereocenters. The molecule has 4 rings (SSSR count). The molecule has 0 bridgehead atoms. The van der Waals surface area contributed by atoms with Gasteiger partial charge in [0.1, 0.15) is 11.4 Å². The average molecular weight is 420 g/mol. The molecule has 8 heteroatoms. The van der Waals surface area contributed by atoms with E-state index in [9.17, 15) is 9.18 Å². The van der Waals surface area contributed by atoms with Crippen LogP contribution in [0.1, 0.15) is 41.0 Å². The molecule has 7 nitrogen and oxygen atoms in total. The van der Waals surface area contributed by atoms with Crippen LogP contribution in [0.5, 0.6) is 0 Å². The summed E-state index contributed by atoms with van der Waals surface area (Å²) in [6.07, 6.45) is 7.24. The Morgan fingerprint density at radius 3 is 2.81 bits per heavy atom. The number of aromatic nitrogens is 5. The number of nitrogens with zero attached hydrogens (tertiary/aromatic N) is 5. The Morgan fingerprint density at radius 2 is 2.00 bits per heavy atom. The number of carbonyl (C=O) groups is 1. The molecule has 0 saturated carbocycles. The van der Waals surface area contributed by atoms with E-state index in [4.69, 9.17) is 0 Å². The third-order valence-electron chi connectivity index (χ3n) is 5.34. The second kappa shape index (κ2) is 9.07. The molecule has 0 radical (unpaired) electrons. The smallest absolute Gasteiger partial charge is 0.259 e. The van der Waals surface area contributed by atoms with Crippen LogP contribution in [0.4, 0.5) is 4.39 Å². The highest BCUT2D eigenvalue weighted by Gasteiger charge is 2.21. The molecule has 3 heterocycles. The van der Waals surface area contributed by atoms with Crippen molar-refractivity contribution in [2.24, 2.45) is 0 Å². The van der Waals surface area contributed by atoms with Crippen molar-refractivity contribution < 1.29 is 9.18 Å². The largest absolute Gasteiger partial charge is 0.342 e. The summed E-state index contributed by atoms with van der Waals surface area (Å²) < 4.78 is 14.7. The molecule has 0 aliphatic heterocycles. The van der Waals surface area contributed by atoms with Crippen molar-refractivity contribution in [2.75, 3.05) is 13.6 Å². The zero-order valence-corrected chi connectivity index (χ0v) is 17.7. The lowest BCUT2D eigenvalue weighted by atomic mass is 10.1.